The molecule has 1 saturated heterocycles. The third-order valence-corrected chi connectivity index (χ3v) is 6.68. The molecule has 162 valence electrons. The number of hydrogen-bond acceptors (Lipinski definition) is 7. The number of morpholine rings is 1. The van der Waals surface area contributed by atoms with Crippen LogP contribution < -0.4 is 5.32 Å². The Kier molecular flexibility index (Phi) is 5.89. The maximum absolute atomic E-state index is 9.92. The number of anilines is 1. The van der Waals surface area contributed by atoms with E-state index in [2.05, 4.69) is 25.2 Å². The largest absolute Gasteiger partial charge is 0.505 e. The number of hydrogen-bond donors (Lipinski definition) is 2. The minimum absolute atomic E-state index is 0.0287. The Bertz CT molecular complexity index is 1070. The first kappa shape index (κ1) is 20.4. The Balaban J connectivity index is 1.33. The number of halogens is 1. The van der Waals surface area contributed by atoms with Crippen LogP contribution in [-0.4, -0.2) is 63.3 Å². The predicted molar refractivity (Wildman–Crippen MR) is 122 cm³/mol. The van der Waals surface area contributed by atoms with Crippen LogP contribution in [0, 0.1) is 0 Å². The number of aromatic nitrogens is 3. The van der Waals surface area contributed by atoms with Crippen molar-refractivity contribution >= 4 is 28.3 Å². The van der Waals surface area contributed by atoms with Gasteiger partial charge in [0.05, 0.1) is 18.7 Å². The van der Waals surface area contributed by atoms with Gasteiger partial charge in [-0.25, -0.2) is 15.0 Å². The maximum atomic E-state index is 9.92. The van der Waals surface area contributed by atoms with Crippen LogP contribution in [0.1, 0.15) is 25.7 Å². The maximum Gasteiger partial charge on any atom is 0.170 e. The van der Waals surface area contributed by atoms with Crippen LogP contribution >= 0.6 is 11.6 Å². The fraction of sp³-hybridized carbons (Fsp3) is 0.435. The second-order valence-corrected chi connectivity index (χ2v) is 8.64. The Morgan fingerprint density at radius 2 is 1.81 bits per heavy atom. The third kappa shape index (κ3) is 4.44. The number of nitrogens with one attached hydrogen (secondary N) is 1. The number of nitrogens with zero attached hydrogens (tertiary/aromatic N) is 4. The molecule has 2 fully saturated rings. The summed E-state index contributed by atoms with van der Waals surface area (Å²) in [6, 6.07) is 8.68. The molecule has 0 amide bonds. The summed E-state index contributed by atoms with van der Waals surface area (Å²) in [6.45, 7) is 3.82. The lowest BCUT2D eigenvalue weighted by Crippen LogP contribution is -2.46. The molecular formula is C23H26ClN5O2. The summed E-state index contributed by atoms with van der Waals surface area (Å²) in [5, 5.41) is 14.6. The quantitative estimate of drug-likeness (QED) is 0.592. The number of rotatable bonds is 4. The molecule has 0 radical (unpaired) electrons. The zero-order valence-electron chi connectivity index (χ0n) is 17.3. The molecule has 7 nitrogen and oxygen atoms in total. The van der Waals surface area contributed by atoms with Crippen molar-refractivity contribution in [2.24, 2.45) is 0 Å². The average Bonchev–Trinajstić information content (AvgIpc) is 2.82. The summed E-state index contributed by atoms with van der Waals surface area (Å²) in [5.41, 5.74) is 2.61. The highest BCUT2D eigenvalue weighted by Gasteiger charge is 2.27. The predicted octanol–water partition coefficient (Wildman–Crippen LogP) is 4.11. The molecule has 2 N–H and O–H groups in total. The summed E-state index contributed by atoms with van der Waals surface area (Å²) in [5.74, 6) is 0.826. The monoisotopic (exact) mass is 439 g/mol. The molecule has 2 aromatic heterocycles. The summed E-state index contributed by atoms with van der Waals surface area (Å²) < 4.78 is 5.49. The van der Waals surface area contributed by atoms with E-state index in [9.17, 15) is 5.11 Å². The van der Waals surface area contributed by atoms with Gasteiger partial charge in [0.25, 0.3) is 0 Å². The van der Waals surface area contributed by atoms with Gasteiger partial charge in [-0.2, -0.15) is 0 Å². The molecule has 2 aliphatic rings. The highest BCUT2D eigenvalue weighted by Crippen LogP contribution is 2.32. The van der Waals surface area contributed by atoms with E-state index in [1.807, 2.05) is 18.2 Å². The minimum atomic E-state index is -0.0287. The first-order valence-corrected chi connectivity index (χ1v) is 11.2. The van der Waals surface area contributed by atoms with Gasteiger partial charge in [-0.3, -0.25) is 4.90 Å². The normalized spacial score (nSPS) is 22.5. The van der Waals surface area contributed by atoms with Crippen molar-refractivity contribution in [1.82, 2.24) is 19.9 Å². The lowest BCUT2D eigenvalue weighted by Gasteiger charge is -2.39. The smallest absolute Gasteiger partial charge is 0.170 e. The van der Waals surface area contributed by atoms with Crippen molar-refractivity contribution in [1.29, 1.82) is 0 Å². The van der Waals surface area contributed by atoms with Crippen molar-refractivity contribution in [2.45, 2.75) is 37.8 Å². The van der Waals surface area contributed by atoms with E-state index in [0.717, 1.165) is 67.0 Å². The van der Waals surface area contributed by atoms with Gasteiger partial charge in [0, 0.05) is 42.3 Å². The minimum Gasteiger partial charge on any atom is -0.505 e. The summed E-state index contributed by atoms with van der Waals surface area (Å²) in [7, 11) is 0. The van der Waals surface area contributed by atoms with Gasteiger partial charge in [0.1, 0.15) is 12.1 Å². The fourth-order valence-corrected chi connectivity index (χ4v) is 4.77. The highest BCUT2D eigenvalue weighted by molar-refractivity contribution is 6.30. The second kappa shape index (κ2) is 8.94. The molecule has 8 heteroatoms. The van der Waals surface area contributed by atoms with E-state index in [-0.39, 0.29) is 10.9 Å². The number of benzene rings is 1. The lowest BCUT2D eigenvalue weighted by molar-refractivity contribution is 0.00791. The summed E-state index contributed by atoms with van der Waals surface area (Å²) in [4.78, 5) is 15.6. The third-order valence-electron chi connectivity index (χ3n) is 6.39. The first-order chi connectivity index (χ1) is 15.2. The first-order valence-electron chi connectivity index (χ1n) is 10.9. The van der Waals surface area contributed by atoms with Gasteiger partial charge in [-0.15, -0.1) is 0 Å². The number of pyridine rings is 1. The van der Waals surface area contributed by atoms with Gasteiger partial charge in [0.15, 0.2) is 10.9 Å². The van der Waals surface area contributed by atoms with Crippen LogP contribution in [0.15, 0.2) is 36.8 Å². The number of aromatic hydroxyl groups is 1. The SMILES string of the molecule is Oc1cc(-c2ccc3ncnc(N[C@H]4CC[C@H](N5CCOCC5)CC4)c3c2)cnc1Cl. The Labute approximate surface area is 186 Å². The molecule has 31 heavy (non-hydrogen) atoms. The molecule has 1 aliphatic carbocycles. The molecule has 0 bridgehead atoms. The van der Waals surface area contributed by atoms with Crippen LogP contribution in [-0.2, 0) is 4.74 Å². The molecule has 0 atom stereocenters. The van der Waals surface area contributed by atoms with Crippen molar-refractivity contribution in [3.8, 4) is 16.9 Å². The van der Waals surface area contributed by atoms with Crippen molar-refractivity contribution < 1.29 is 9.84 Å². The molecule has 1 aromatic carbocycles. The molecule has 3 aromatic rings. The Hall–Kier alpha value is -2.48. The molecule has 1 saturated carbocycles. The van der Waals surface area contributed by atoms with Crippen LogP contribution in [0.25, 0.3) is 22.0 Å². The van der Waals surface area contributed by atoms with Gasteiger partial charge < -0.3 is 15.2 Å². The Morgan fingerprint density at radius 3 is 2.58 bits per heavy atom. The van der Waals surface area contributed by atoms with Crippen molar-refractivity contribution in [2.75, 3.05) is 31.6 Å². The Morgan fingerprint density at radius 1 is 1.00 bits per heavy atom. The molecule has 1 aliphatic heterocycles. The van der Waals surface area contributed by atoms with E-state index in [4.69, 9.17) is 16.3 Å². The molecule has 0 spiro atoms. The van der Waals surface area contributed by atoms with E-state index >= 15 is 0 Å². The molecule has 0 unspecified atom stereocenters. The van der Waals surface area contributed by atoms with E-state index in [1.54, 1.807) is 18.6 Å². The van der Waals surface area contributed by atoms with Gasteiger partial charge >= 0.3 is 0 Å². The van der Waals surface area contributed by atoms with Gasteiger partial charge in [-0.05, 0) is 49.4 Å². The average molecular weight is 440 g/mol. The van der Waals surface area contributed by atoms with Crippen LogP contribution in [0.2, 0.25) is 5.15 Å². The fourth-order valence-electron chi connectivity index (χ4n) is 4.67. The zero-order chi connectivity index (χ0) is 21.2. The number of ether oxygens (including phenoxy) is 1. The second-order valence-electron chi connectivity index (χ2n) is 8.29. The zero-order valence-corrected chi connectivity index (χ0v) is 18.1. The van der Waals surface area contributed by atoms with Crippen LogP contribution in [0.5, 0.6) is 5.75 Å². The van der Waals surface area contributed by atoms with Crippen molar-refractivity contribution in [3.63, 3.8) is 0 Å². The molecule has 5 rings (SSSR count). The van der Waals surface area contributed by atoms with Crippen LogP contribution in [0.3, 0.4) is 0 Å². The highest BCUT2D eigenvalue weighted by atomic mass is 35.5. The summed E-state index contributed by atoms with van der Waals surface area (Å²) in [6.07, 6.45) is 7.92. The van der Waals surface area contributed by atoms with Gasteiger partial charge in [-0.1, -0.05) is 17.7 Å². The topological polar surface area (TPSA) is 83.4 Å². The number of fused-ring (bicyclic) bond motifs is 1. The lowest BCUT2D eigenvalue weighted by atomic mass is 9.90. The standard InChI is InChI=1S/C23H26ClN5O2/c24-22-21(30)12-16(13-25-22)15-1-6-20-19(11-15)23(27-14-26-20)28-17-2-4-18(5-3-17)29-7-9-31-10-8-29/h1,6,11-14,17-18,30H,2-5,7-10H2,(H,26,27,28)/t17-,18-. The van der Waals surface area contributed by atoms with Crippen molar-refractivity contribution in [3.05, 3.63) is 41.9 Å². The molecule has 3 heterocycles. The van der Waals surface area contributed by atoms with Crippen LogP contribution in [0.4, 0.5) is 5.82 Å². The van der Waals surface area contributed by atoms with Gasteiger partial charge in [0.2, 0.25) is 0 Å². The van der Waals surface area contributed by atoms with E-state index < -0.39 is 0 Å². The van der Waals surface area contributed by atoms with E-state index in [1.165, 1.54) is 12.8 Å². The van der Waals surface area contributed by atoms with E-state index in [0.29, 0.717) is 12.1 Å². The molecular weight excluding hydrogens is 414 g/mol. The summed E-state index contributed by atoms with van der Waals surface area (Å²) >= 11 is 5.86.